The van der Waals surface area contributed by atoms with Gasteiger partial charge < -0.3 is 5.11 Å². The molecule has 0 amide bonds. The SMILES string of the molecule is CC(C)c1nc2scc(C(=O)O)c2c(=O)n1Cc1ccc([N+](=O)[O-])cc1. The van der Waals surface area contributed by atoms with Gasteiger partial charge in [-0.1, -0.05) is 26.0 Å². The lowest BCUT2D eigenvalue weighted by atomic mass is 10.1. The fourth-order valence-corrected chi connectivity index (χ4v) is 3.61. The number of hydrogen-bond donors (Lipinski definition) is 1. The van der Waals surface area contributed by atoms with Gasteiger partial charge in [-0.2, -0.15) is 0 Å². The Labute approximate surface area is 151 Å². The summed E-state index contributed by atoms with van der Waals surface area (Å²) in [7, 11) is 0. The van der Waals surface area contributed by atoms with Crippen molar-refractivity contribution in [2.75, 3.05) is 0 Å². The van der Waals surface area contributed by atoms with Crippen molar-refractivity contribution in [3.8, 4) is 0 Å². The molecule has 1 N–H and O–H groups in total. The van der Waals surface area contributed by atoms with E-state index in [2.05, 4.69) is 4.98 Å². The third-order valence-electron chi connectivity index (χ3n) is 3.96. The van der Waals surface area contributed by atoms with Crippen LogP contribution in [-0.2, 0) is 6.54 Å². The second-order valence-corrected chi connectivity index (χ2v) is 6.93. The highest BCUT2D eigenvalue weighted by molar-refractivity contribution is 7.17. The first-order chi connectivity index (χ1) is 12.3. The van der Waals surface area contributed by atoms with Crippen molar-refractivity contribution in [2.45, 2.75) is 26.3 Å². The molecule has 0 unspecified atom stereocenters. The molecule has 0 saturated heterocycles. The lowest BCUT2D eigenvalue weighted by Gasteiger charge is -2.15. The molecule has 9 heteroatoms. The molecule has 1 aromatic carbocycles. The van der Waals surface area contributed by atoms with Gasteiger partial charge in [0.15, 0.2) is 0 Å². The Kier molecular flexibility index (Phi) is 4.56. The molecule has 0 fully saturated rings. The summed E-state index contributed by atoms with van der Waals surface area (Å²) in [6, 6.07) is 5.89. The predicted octanol–water partition coefficient (Wildman–Crippen LogP) is 3.24. The fraction of sp³-hybridized carbons (Fsp3) is 0.235. The number of hydrogen-bond acceptors (Lipinski definition) is 6. The van der Waals surface area contributed by atoms with Crippen LogP contribution in [0.3, 0.4) is 0 Å². The second kappa shape index (κ2) is 6.68. The zero-order chi connectivity index (χ0) is 19.0. The lowest BCUT2D eigenvalue weighted by molar-refractivity contribution is -0.384. The highest BCUT2D eigenvalue weighted by Crippen LogP contribution is 2.24. The van der Waals surface area contributed by atoms with Crippen molar-refractivity contribution in [1.82, 2.24) is 9.55 Å². The van der Waals surface area contributed by atoms with Crippen molar-refractivity contribution in [3.63, 3.8) is 0 Å². The van der Waals surface area contributed by atoms with Crippen LogP contribution in [0.4, 0.5) is 5.69 Å². The number of aromatic carboxylic acids is 1. The van der Waals surface area contributed by atoms with Gasteiger partial charge in [0.2, 0.25) is 0 Å². The van der Waals surface area contributed by atoms with Crippen molar-refractivity contribution in [3.05, 3.63) is 67.1 Å². The van der Waals surface area contributed by atoms with E-state index in [9.17, 15) is 24.8 Å². The Morgan fingerprint density at radius 2 is 2.00 bits per heavy atom. The maximum absolute atomic E-state index is 13.0. The number of nitrogens with zero attached hydrogens (tertiary/aromatic N) is 3. The Hall–Kier alpha value is -3.07. The highest BCUT2D eigenvalue weighted by atomic mass is 32.1. The number of rotatable bonds is 5. The van der Waals surface area contributed by atoms with Crippen molar-refractivity contribution < 1.29 is 14.8 Å². The van der Waals surface area contributed by atoms with Gasteiger partial charge in [-0.3, -0.25) is 19.5 Å². The Balaban J connectivity index is 2.16. The molecule has 0 aliphatic rings. The third-order valence-corrected chi connectivity index (χ3v) is 4.83. The number of non-ortho nitro benzene ring substituents is 1. The number of carboxylic acid groups (broad SMARTS) is 1. The molecule has 2 aromatic heterocycles. The Morgan fingerprint density at radius 1 is 1.35 bits per heavy atom. The quantitative estimate of drug-likeness (QED) is 0.542. The summed E-state index contributed by atoms with van der Waals surface area (Å²) in [5.41, 5.74) is 0.170. The monoisotopic (exact) mass is 373 g/mol. The van der Waals surface area contributed by atoms with E-state index in [1.165, 1.54) is 22.1 Å². The van der Waals surface area contributed by atoms with Gasteiger partial charge >= 0.3 is 5.97 Å². The average molecular weight is 373 g/mol. The van der Waals surface area contributed by atoms with Crippen LogP contribution in [0.2, 0.25) is 0 Å². The summed E-state index contributed by atoms with van der Waals surface area (Å²) in [4.78, 5) is 39.5. The normalized spacial score (nSPS) is 11.2. The standard InChI is InChI=1S/C17H15N3O5S/c1-9(2)14-18-15-13(12(8-26-15)17(22)23)16(21)19(14)7-10-3-5-11(6-4-10)20(24)25/h3-6,8-9H,7H2,1-2H3,(H,22,23). The first-order valence-corrected chi connectivity index (χ1v) is 8.66. The van der Waals surface area contributed by atoms with Crippen LogP contribution in [0.1, 0.15) is 41.5 Å². The van der Waals surface area contributed by atoms with E-state index < -0.39 is 16.5 Å². The number of nitro benzene ring substituents is 1. The number of nitro groups is 1. The van der Waals surface area contributed by atoms with E-state index >= 15 is 0 Å². The first kappa shape index (κ1) is 17.7. The van der Waals surface area contributed by atoms with Gasteiger partial charge in [-0.25, -0.2) is 9.78 Å². The zero-order valence-electron chi connectivity index (χ0n) is 14.0. The minimum absolute atomic E-state index is 0.0373. The van der Waals surface area contributed by atoms with E-state index in [1.807, 2.05) is 13.8 Å². The summed E-state index contributed by atoms with van der Waals surface area (Å²) in [6.45, 7) is 3.94. The minimum Gasteiger partial charge on any atom is -0.478 e. The number of benzene rings is 1. The molecule has 3 rings (SSSR count). The maximum Gasteiger partial charge on any atom is 0.337 e. The molecule has 0 aliphatic heterocycles. The number of aromatic nitrogens is 2. The van der Waals surface area contributed by atoms with Gasteiger partial charge in [0.25, 0.3) is 11.2 Å². The Morgan fingerprint density at radius 3 is 2.54 bits per heavy atom. The smallest absolute Gasteiger partial charge is 0.337 e. The van der Waals surface area contributed by atoms with Gasteiger partial charge in [0.1, 0.15) is 10.7 Å². The highest BCUT2D eigenvalue weighted by Gasteiger charge is 2.21. The second-order valence-electron chi connectivity index (χ2n) is 6.07. The maximum atomic E-state index is 13.0. The van der Waals surface area contributed by atoms with Crippen molar-refractivity contribution >= 4 is 33.2 Å². The Bertz CT molecular complexity index is 1070. The van der Waals surface area contributed by atoms with E-state index in [-0.39, 0.29) is 29.1 Å². The number of carbonyl (C=O) groups is 1. The number of thiophene rings is 1. The molecular formula is C17H15N3O5S. The van der Waals surface area contributed by atoms with Crippen LogP contribution < -0.4 is 5.56 Å². The first-order valence-electron chi connectivity index (χ1n) is 7.78. The van der Waals surface area contributed by atoms with Gasteiger partial charge in [0, 0.05) is 23.4 Å². The van der Waals surface area contributed by atoms with Crippen LogP contribution in [0.15, 0.2) is 34.4 Å². The van der Waals surface area contributed by atoms with E-state index in [1.54, 1.807) is 12.1 Å². The van der Waals surface area contributed by atoms with Crippen molar-refractivity contribution in [1.29, 1.82) is 0 Å². The molecule has 0 spiro atoms. The molecule has 0 atom stereocenters. The summed E-state index contributed by atoms with van der Waals surface area (Å²) in [6.07, 6.45) is 0. The summed E-state index contributed by atoms with van der Waals surface area (Å²) < 4.78 is 1.44. The zero-order valence-corrected chi connectivity index (χ0v) is 14.8. The van der Waals surface area contributed by atoms with E-state index in [4.69, 9.17) is 0 Å². The molecule has 134 valence electrons. The molecule has 0 saturated carbocycles. The molecule has 3 aromatic rings. The molecule has 0 radical (unpaired) electrons. The van der Waals surface area contributed by atoms with Crippen LogP contribution in [0, 0.1) is 10.1 Å². The van der Waals surface area contributed by atoms with Crippen LogP contribution >= 0.6 is 11.3 Å². The fourth-order valence-electron chi connectivity index (χ4n) is 2.70. The summed E-state index contributed by atoms with van der Waals surface area (Å²) in [5, 5.41) is 21.6. The molecule has 0 bridgehead atoms. The predicted molar refractivity (Wildman–Crippen MR) is 97.1 cm³/mol. The minimum atomic E-state index is -1.17. The van der Waals surface area contributed by atoms with Gasteiger partial charge in [0.05, 0.1) is 22.4 Å². The summed E-state index contributed by atoms with van der Waals surface area (Å²) in [5.74, 6) is -0.686. The van der Waals surface area contributed by atoms with Gasteiger partial charge in [-0.15, -0.1) is 11.3 Å². The molecule has 8 nitrogen and oxygen atoms in total. The molecule has 2 heterocycles. The van der Waals surface area contributed by atoms with Crippen LogP contribution in [-0.4, -0.2) is 25.6 Å². The molecular weight excluding hydrogens is 358 g/mol. The average Bonchev–Trinajstić information content (AvgIpc) is 3.02. The molecule has 0 aliphatic carbocycles. The van der Waals surface area contributed by atoms with Gasteiger partial charge in [-0.05, 0) is 5.56 Å². The van der Waals surface area contributed by atoms with E-state index in [0.717, 1.165) is 11.3 Å². The van der Waals surface area contributed by atoms with Crippen molar-refractivity contribution in [2.24, 2.45) is 0 Å². The topological polar surface area (TPSA) is 115 Å². The molecule has 26 heavy (non-hydrogen) atoms. The largest absolute Gasteiger partial charge is 0.478 e. The van der Waals surface area contributed by atoms with Crippen LogP contribution in [0.5, 0.6) is 0 Å². The van der Waals surface area contributed by atoms with E-state index in [0.29, 0.717) is 16.2 Å². The lowest BCUT2D eigenvalue weighted by Crippen LogP contribution is -2.27. The third kappa shape index (κ3) is 3.08. The number of carboxylic acids is 1. The summed E-state index contributed by atoms with van der Waals surface area (Å²) >= 11 is 1.13. The number of fused-ring (bicyclic) bond motifs is 1. The van der Waals surface area contributed by atoms with Crippen LogP contribution in [0.25, 0.3) is 10.2 Å².